The highest BCUT2D eigenvalue weighted by Crippen LogP contribution is 2.29. The molecule has 0 spiro atoms. The normalized spacial score (nSPS) is 16.1. The number of amides is 1. The molecule has 2 heterocycles. The average Bonchev–Trinajstić information content (AvgIpc) is 3.11. The fraction of sp³-hybridized carbons (Fsp3) is 0.263. The second-order valence-electron chi connectivity index (χ2n) is 6.94. The van der Waals surface area contributed by atoms with Crippen molar-refractivity contribution in [1.29, 1.82) is 0 Å². The summed E-state index contributed by atoms with van der Waals surface area (Å²) < 4.78 is 54.6. The summed E-state index contributed by atoms with van der Waals surface area (Å²) in [5.74, 6) is -2.14. The van der Waals surface area contributed by atoms with Gasteiger partial charge in [-0.3, -0.25) is 10.1 Å². The molecule has 1 fully saturated rings. The summed E-state index contributed by atoms with van der Waals surface area (Å²) in [6, 6.07) is 7.57. The minimum absolute atomic E-state index is 0.0251. The number of nitrogens with zero attached hydrogens (tertiary/aromatic N) is 3. The SMILES string of the molecule is CN1CCN(S(=O)(=O)c2cccc(C(=O)Nc3nc4c(F)cc(F)cc4s3)c2)CC1. The van der Waals surface area contributed by atoms with Crippen LogP contribution in [0.4, 0.5) is 13.9 Å². The number of carbonyl (C=O) groups is 1. The molecule has 0 bridgehead atoms. The lowest BCUT2D eigenvalue weighted by Crippen LogP contribution is -2.47. The Balaban J connectivity index is 1.56. The Morgan fingerprint density at radius 3 is 2.60 bits per heavy atom. The van der Waals surface area contributed by atoms with Crippen LogP contribution in [0.3, 0.4) is 0 Å². The summed E-state index contributed by atoms with van der Waals surface area (Å²) in [6.07, 6.45) is 0. The van der Waals surface area contributed by atoms with E-state index >= 15 is 0 Å². The van der Waals surface area contributed by atoms with Gasteiger partial charge in [0, 0.05) is 37.8 Å². The zero-order valence-electron chi connectivity index (χ0n) is 15.9. The number of hydrogen-bond donors (Lipinski definition) is 1. The van der Waals surface area contributed by atoms with Crippen molar-refractivity contribution in [3.05, 3.63) is 53.6 Å². The summed E-state index contributed by atoms with van der Waals surface area (Å²) in [5, 5.41) is 2.61. The van der Waals surface area contributed by atoms with Crippen LogP contribution in [0.15, 0.2) is 41.3 Å². The van der Waals surface area contributed by atoms with E-state index in [1.165, 1.54) is 28.6 Å². The molecule has 158 valence electrons. The number of sulfonamides is 1. The van der Waals surface area contributed by atoms with E-state index < -0.39 is 27.6 Å². The van der Waals surface area contributed by atoms with Gasteiger partial charge >= 0.3 is 0 Å². The first-order chi connectivity index (χ1) is 14.2. The Bertz CT molecular complexity index is 1220. The van der Waals surface area contributed by atoms with E-state index in [9.17, 15) is 22.0 Å². The minimum atomic E-state index is -3.72. The van der Waals surface area contributed by atoms with Crippen LogP contribution < -0.4 is 5.32 Å². The first-order valence-corrected chi connectivity index (χ1v) is 11.4. The molecule has 2 aromatic carbocycles. The molecule has 1 aliphatic heterocycles. The molecular weight excluding hydrogens is 434 g/mol. The van der Waals surface area contributed by atoms with Gasteiger partial charge in [0.05, 0.1) is 9.60 Å². The van der Waals surface area contributed by atoms with Gasteiger partial charge in [-0.15, -0.1) is 0 Å². The maximum atomic E-state index is 13.8. The second-order valence-corrected chi connectivity index (χ2v) is 9.91. The Kier molecular flexibility index (Phi) is 5.53. The summed E-state index contributed by atoms with van der Waals surface area (Å²) >= 11 is 0.927. The quantitative estimate of drug-likeness (QED) is 0.658. The molecule has 1 aliphatic rings. The standard InChI is InChI=1S/C19H18F2N4O3S2/c1-24-5-7-25(8-6-24)30(27,28)14-4-2-3-12(9-14)18(26)23-19-22-17-15(21)10-13(20)11-16(17)29-19/h2-4,9-11H,5-8H2,1H3,(H,22,23,26). The maximum absolute atomic E-state index is 13.8. The molecule has 0 radical (unpaired) electrons. The van der Waals surface area contributed by atoms with Crippen molar-refractivity contribution >= 4 is 42.6 Å². The van der Waals surface area contributed by atoms with E-state index in [-0.39, 0.29) is 25.8 Å². The maximum Gasteiger partial charge on any atom is 0.257 e. The number of aromatic nitrogens is 1. The van der Waals surface area contributed by atoms with E-state index in [4.69, 9.17) is 0 Å². The molecule has 3 aromatic rings. The van der Waals surface area contributed by atoms with Crippen molar-refractivity contribution < 1.29 is 22.0 Å². The van der Waals surface area contributed by atoms with Crippen LogP contribution in [0.5, 0.6) is 0 Å². The van der Waals surface area contributed by atoms with Crippen molar-refractivity contribution in [1.82, 2.24) is 14.2 Å². The van der Waals surface area contributed by atoms with Gasteiger partial charge in [0.15, 0.2) is 10.9 Å². The Hall–Kier alpha value is -2.47. The van der Waals surface area contributed by atoms with Crippen molar-refractivity contribution in [2.75, 3.05) is 38.5 Å². The zero-order valence-corrected chi connectivity index (χ0v) is 17.6. The monoisotopic (exact) mass is 452 g/mol. The fourth-order valence-corrected chi connectivity index (χ4v) is 5.52. The van der Waals surface area contributed by atoms with Gasteiger partial charge in [0.2, 0.25) is 10.0 Å². The Morgan fingerprint density at radius 1 is 1.13 bits per heavy atom. The predicted molar refractivity (Wildman–Crippen MR) is 110 cm³/mol. The molecule has 30 heavy (non-hydrogen) atoms. The van der Waals surface area contributed by atoms with Gasteiger partial charge in [-0.1, -0.05) is 17.4 Å². The molecule has 1 aromatic heterocycles. The molecule has 0 saturated carbocycles. The third-order valence-corrected chi connectivity index (χ3v) is 7.64. The first-order valence-electron chi connectivity index (χ1n) is 9.10. The summed E-state index contributed by atoms with van der Waals surface area (Å²) in [4.78, 5) is 18.7. The zero-order chi connectivity index (χ0) is 21.5. The minimum Gasteiger partial charge on any atom is -0.304 e. The third-order valence-electron chi connectivity index (χ3n) is 4.83. The first kappa shape index (κ1) is 20.8. The summed E-state index contributed by atoms with van der Waals surface area (Å²) in [5.41, 5.74) is 0.0826. The van der Waals surface area contributed by atoms with Crippen molar-refractivity contribution in [2.45, 2.75) is 4.90 Å². The van der Waals surface area contributed by atoms with Crippen LogP contribution in [0.1, 0.15) is 10.4 Å². The van der Waals surface area contributed by atoms with Crippen LogP contribution in [-0.2, 0) is 10.0 Å². The molecule has 0 aliphatic carbocycles. The van der Waals surface area contributed by atoms with Gasteiger partial charge in [-0.25, -0.2) is 22.2 Å². The number of likely N-dealkylation sites (N-methyl/N-ethyl adjacent to an activating group) is 1. The van der Waals surface area contributed by atoms with Crippen LogP contribution in [0.2, 0.25) is 0 Å². The van der Waals surface area contributed by atoms with Gasteiger partial charge < -0.3 is 4.90 Å². The molecule has 0 unspecified atom stereocenters. The molecule has 1 saturated heterocycles. The fourth-order valence-electron chi connectivity index (χ4n) is 3.16. The summed E-state index contributed by atoms with van der Waals surface area (Å²) in [7, 11) is -1.80. The van der Waals surface area contributed by atoms with Gasteiger partial charge in [-0.05, 0) is 31.3 Å². The number of nitrogens with one attached hydrogen (secondary N) is 1. The van der Waals surface area contributed by atoms with E-state index in [2.05, 4.69) is 10.3 Å². The van der Waals surface area contributed by atoms with Crippen LogP contribution >= 0.6 is 11.3 Å². The number of carbonyl (C=O) groups excluding carboxylic acids is 1. The highest BCUT2D eigenvalue weighted by atomic mass is 32.2. The van der Waals surface area contributed by atoms with Crippen LogP contribution in [0.25, 0.3) is 10.2 Å². The number of fused-ring (bicyclic) bond motifs is 1. The molecule has 11 heteroatoms. The largest absolute Gasteiger partial charge is 0.304 e. The highest BCUT2D eigenvalue weighted by molar-refractivity contribution is 7.89. The van der Waals surface area contributed by atoms with Crippen molar-refractivity contribution in [3.8, 4) is 0 Å². The number of hydrogen-bond acceptors (Lipinski definition) is 6. The Morgan fingerprint density at radius 2 is 1.87 bits per heavy atom. The lowest BCUT2D eigenvalue weighted by molar-refractivity contribution is 0.102. The number of benzene rings is 2. The molecular formula is C19H18F2N4O3S2. The number of halogens is 2. The third kappa shape index (κ3) is 4.06. The number of thiazole rings is 1. The van der Waals surface area contributed by atoms with E-state index in [1.54, 1.807) is 0 Å². The number of rotatable bonds is 4. The molecule has 0 atom stereocenters. The van der Waals surface area contributed by atoms with Crippen molar-refractivity contribution in [2.24, 2.45) is 0 Å². The molecule has 4 rings (SSSR count). The topological polar surface area (TPSA) is 82.6 Å². The van der Waals surface area contributed by atoms with Gasteiger partial charge in [-0.2, -0.15) is 4.31 Å². The smallest absolute Gasteiger partial charge is 0.257 e. The molecule has 1 N–H and O–H groups in total. The lowest BCUT2D eigenvalue weighted by atomic mass is 10.2. The highest BCUT2D eigenvalue weighted by Gasteiger charge is 2.28. The Labute approximate surface area is 176 Å². The average molecular weight is 453 g/mol. The van der Waals surface area contributed by atoms with Crippen LogP contribution in [-0.4, -0.2) is 61.7 Å². The number of anilines is 1. The molecule has 1 amide bonds. The van der Waals surface area contributed by atoms with Crippen molar-refractivity contribution in [3.63, 3.8) is 0 Å². The lowest BCUT2D eigenvalue weighted by Gasteiger charge is -2.31. The van der Waals surface area contributed by atoms with Gasteiger partial charge in [0.1, 0.15) is 11.3 Å². The van der Waals surface area contributed by atoms with E-state index in [0.717, 1.165) is 23.5 Å². The predicted octanol–water partition coefficient (Wildman–Crippen LogP) is 2.76. The van der Waals surface area contributed by atoms with E-state index in [1.807, 2.05) is 11.9 Å². The van der Waals surface area contributed by atoms with E-state index in [0.29, 0.717) is 26.2 Å². The summed E-state index contributed by atoms with van der Waals surface area (Å²) in [6.45, 7) is 2.02. The number of piperazine rings is 1. The van der Waals surface area contributed by atoms with Gasteiger partial charge in [0.25, 0.3) is 5.91 Å². The van der Waals surface area contributed by atoms with Crippen LogP contribution in [0, 0.1) is 11.6 Å². The second kappa shape index (κ2) is 7.99. The molecule has 7 nitrogen and oxygen atoms in total.